The molecule has 1 aromatic heterocycles. The van der Waals surface area contributed by atoms with E-state index in [2.05, 4.69) is 0 Å². The van der Waals surface area contributed by atoms with Gasteiger partial charge >= 0.3 is 0 Å². The van der Waals surface area contributed by atoms with Gasteiger partial charge in [0.25, 0.3) is 5.69 Å². The van der Waals surface area contributed by atoms with Gasteiger partial charge in [-0.05, 0) is 24.3 Å². The second-order valence-corrected chi connectivity index (χ2v) is 3.49. The summed E-state index contributed by atoms with van der Waals surface area (Å²) in [5.41, 5.74) is 0.563. The molecule has 2 rings (SSSR count). The maximum atomic E-state index is 11.0. The van der Waals surface area contributed by atoms with Crippen molar-refractivity contribution in [1.82, 2.24) is 4.57 Å². The van der Waals surface area contributed by atoms with E-state index in [1.165, 1.54) is 17.7 Å². The number of nitro benzene ring substituents is 1. The van der Waals surface area contributed by atoms with Crippen molar-refractivity contribution in [3.05, 3.63) is 52.3 Å². The summed E-state index contributed by atoms with van der Waals surface area (Å²) in [5.74, 6) is 0.399. The van der Waals surface area contributed by atoms with Crippen LogP contribution in [0.4, 0.5) is 5.69 Å². The number of nitrogens with zero attached hydrogens (tertiary/aromatic N) is 3. The van der Waals surface area contributed by atoms with Gasteiger partial charge in [-0.3, -0.25) is 10.1 Å². The van der Waals surface area contributed by atoms with Crippen LogP contribution in [-0.2, 0) is 0 Å². The second-order valence-electron chi connectivity index (χ2n) is 3.49. The van der Waals surface area contributed by atoms with Crippen molar-refractivity contribution in [3.63, 3.8) is 0 Å². The molecule has 0 aliphatic rings. The summed E-state index contributed by atoms with van der Waals surface area (Å²) in [5, 5.41) is 20.0. The lowest BCUT2D eigenvalue weighted by molar-refractivity contribution is -0.384. The SMILES string of the molecule is COc1ccc(-n2cccc2C#N)c([N+](=O)[O-])c1. The molecule has 0 unspecified atom stereocenters. The van der Waals surface area contributed by atoms with Crippen molar-refractivity contribution in [2.75, 3.05) is 7.11 Å². The smallest absolute Gasteiger partial charge is 0.296 e. The lowest BCUT2D eigenvalue weighted by Crippen LogP contribution is -2.01. The maximum absolute atomic E-state index is 11.0. The fourth-order valence-corrected chi connectivity index (χ4v) is 1.66. The Bertz CT molecular complexity index is 640. The molecule has 0 radical (unpaired) electrons. The van der Waals surface area contributed by atoms with Crippen LogP contribution in [0.25, 0.3) is 5.69 Å². The fraction of sp³-hybridized carbons (Fsp3) is 0.0833. The van der Waals surface area contributed by atoms with Crippen LogP contribution in [0.15, 0.2) is 36.5 Å². The first kappa shape index (κ1) is 11.7. The third-order valence-electron chi connectivity index (χ3n) is 2.50. The normalized spacial score (nSPS) is 9.78. The highest BCUT2D eigenvalue weighted by atomic mass is 16.6. The van der Waals surface area contributed by atoms with Gasteiger partial charge in [0.15, 0.2) is 0 Å². The number of rotatable bonds is 3. The van der Waals surface area contributed by atoms with E-state index in [1.807, 2.05) is 6.07 Å². The Kier molecular flexibility index (Phi) is 2.98. The summed E-state index contributed by atoms with van der Waals surface area (Å²) >= 11 is 0. The van der Waals surface area contributed by atoms with Crippen LogP contribution in [0.1, 0.15) is 5.69 Å². The van der Waals surface area contributed by atoms with Gasteiger partial charge in [0.2, 0.25) is 0 Å². The Morgan fingerprint density at radius 2 is 2.22 bits per heavy atom. The molecule has 0 saturated heterocycles. The predicted octanol–water partition coefficient (Wildman–Crippen LogP) is 2.27. The summed E-state index contributed by atoms with van der Waals surface area (Å²) in [4.78, 5) is 10.5. The molecule has 0 bridgehead atoms. The van der Waals surface area contributed by atoms with Gasteiger partial charge in [-0.2, -0.15) is 5.26 Å². The van der Waals surface area contributed by atoms with Crippen LogP contribution < -0.4 is 4.74 Å². The van der Waals surface area contributed by atoms with E-state index in [4.69, 9.17) is 10.00 Å². The molecule has 1 heterocycles. The number of hydrogen-bond donors (Lipinski definition) is 0. The zero-order chi connectivity index (χ0) is 13.1. The number of hydrogen-bond acceptors (Lipinski definition) is 4. The van der Waals surface area contributed by atoms with E-state index in [9.17, 15) is 10.1 Å². The molecule has 0 aliphatic heterocycles. The van der Waals surface area contributed by atoms with E-state index in [-0.39, 0.29) is 5.69 Å². The van der Waals surface area contributed by atoms with E-state index >= 15 is 0 Å². The van der Waals surface area contributed by atoms with E-state index in [1.54, 1.807) is 30.5 Å². The average molecular weight is 243 g/mol. The Balaban J connectivity index is 2.65. The average Bonchev–Trinajstić information content (AvgIpc) is 2.86. The lowest BCUT2D eigenvalue weighted by atomic mass is 10.2. The van der Waals surface area contributed by atoms with Gasteiger partial charge in [0.05, 0.1) is 18.1 Å². The van der Waals surface area contributed by atoms with Gasteiger partial charge in [0.1, 0.15) is 23.2 Å². The van der Waals surface area contributed by atoms with E-state index in [0.29, 0.717) is 17.1 Å². The third-order valence-corrected chi connectivity index (χ3v) is 2.50. The van der Waals surface area contributed by atoms with E-state index < -0.39 is 4.92 Å². The summed E-state index contributed by atoms with van der Waals surface area (Å²) < 4.78 is 6.43. The Morgan fingerprint density at radius 3 is 2.83 bits per heavy atom. The molecule has 0 N–H and O–H groups in total. The molecule has 18 heavy (non-hydrogen) atoms. The van der Waals surface area contributed by atoms with Crippen molar-refractivity contribution < 1.29 is 9.66 Å². The summed E-state index contributed by atoms with van der Waals surface area (Å²) in [6.07, 6.45) is 1.60. The first-order chi connectivity index (χ1) is 8.67. The first-order valence-corrected chi connectivity index (χ1v) is 5.07. The summed E-state index contributed by atoms with van der Waals surface area (Å²) in [6, 6.07) is 9.73. The zero-order valence-corrected chi connectivity index (χ0v) is 9.53. The number of nitro groups is 1. The van der Waals surface area contributed by atoms with Gasteiger partial charge in [-0.25, -0.2) is 0 Å². The maximum Gasteiger partial charge on any atom is 0.296 e. The quantitative estimate of drug-likeness (QED) is 0.611. The van der Waals surface area contributed by atoms with Crippen LogP contribution in [0.5, 0.6) is 5.75 Å². The largest absolute Gasteiger partial charge is 0.496 e. The molecule has 0 spiro atoms. The zero-order valence-electron chi connectivity index (χ0n) is 9.53. The van der Waals surface area contributed by atoms with Crippen LogP contribution in [-0.4, -0.2) is 16.6 Å². The lowest BCUT2D eigenvalue weighted by Gasteiger charge is -2.07. The standard InChI is InChI=1S/C12H9N3O3/c1-18-10-4-5-11(12(7-10)15(16)17)14-6-2-3-9(14)8-13/h2-7H,1H3. The topological polar surface area (TPSA) is 81.1 Å². The summed E-state index contributed by atoms with van der Waals surface area (Å²) in [7, 11) is 1.44. The van der Waals surface area contributed by atoms with Crippen LogP contribution in [0.2, 0.25) is 0 Å². The Hall–Kier alpha value is -2.81. The van der Waals surface area contributed by atoms with Crippen LogP contribution in [0, 0.1) is 21.4 Å². The van der Waals surface area contributed by atoms with Crippen LogP contribution in [0.3, 0.4) is 0 Å². The molecule has 2 aromatic rings. The number of methoxy groups -OCH3 is 1. The van der Waals surface area contributed by atoms with Crippen molar-refractivity contribution in [2.24, 2.45) is 0 Å². The molecule has 0 fully saturated rings. The molecule has 0 saturated carbocycles. The molecular formula is C12H9N3O3. The van der Waals surface area contributed by atoms with Crippen molar-refractivity contribution in [3.8, 4) is 17.5 Å². The number of aromatic nitrogens is 1. The second kappa shape index (κ2) is 4.59. The third kappa shape index (κ3) is 1.89. The fourth-order valence-electron chi connectivity index (χ4n) is 1.66. The van der Waals surface area contributed by atoms with Crippen molar-refractivity contribution >= 4 is 5.69 Å². The number of benzene rings is 1. The number of ether oxygens (including phenoxy) is 1. The molecule has 0 atom stereocenters. The van der Waals surface area contributed by atoms with Gasteiger partial charge in [-0.15, -0.1) is 0 Å². The highest BCUT2D eigenvalue weighted by Gasteiger charge is 2.17. The minimum absolute atomic E-state index is 0.109. The molecule has 90 valence electrons. The van der Waals surface area contributed by atoms with Gasteiger partial charge < -0.3 is 9.30 Å². The molecule has 0 amide bonds. The number of nitriles is 1. The van der Waals surface area contributed by atoms with Gasteiger partial charge in [-0.1, -0.05) is 0 Å². The Labute approximate surface area is 103 Å². The molecule has 6 heteroatoms. The molecule has 1 aromatic carbocycles. The van der Waals surface area contributed by atoms with Crippen molar-refractivity contribution in [1.29, 1.82) is 5.26 Å². The molecule has 0 aliphatic carbocycles. The summed E-state index contributed by atoms with van der Waals surface area (Å²) in [6.45, 7) is 0. The van der Waals surface area contributed by atoms with Crippen molar-refractivity contribution in [2.45, 2.75) is 0 Å². The molecular weight excluding hydrogens is 234 g/mol. The molecule has 6 nitrogen and oxygen atoms in total. The minimum atomic E-state index is -0.501. The first-order valence-electron chi connectivity index (χ1n) is 5.07. The highest BCUT2D eigenvalue weighted by molar-refractivity contribution is 5.57. The van der Waals surface area contributed by atoms with Crippen LogP contribution >= 0.6 is 0 Å². The minimum Gasteiger partial charge on any atom is -0.496 e. The monoisotopic (exact) mass is 243 g/mol. The Morgan fingerprint density at radius 1 is 1.44 bits per heavy atom. The highest BCUT2D eigenvalue weighted by Crippen LogP contribution is 2.28. The van der Waals surface area contributed by atoms with E-state index in [0.717, 1.165) is 0 Å². The van der Waals surface area contributed by atoms with Gasteiger partial charge in [0, 0.05) is 6.20 Å². The predicted molar refractivity (Wildman–Crippen MR) is 63.7 cm³/mol.